The van der Waals surface area contributed by atoms with Crippen molar-refractivity contribution in [1.82, 2.24) is 5.32 Å². The lowest BCUT2D eigenvalue weighted by atomic mass is 9.96. The maximum atomic E-state index is 13.5. The Morgan fingerprint density at radius 3 is 2.50 bits per heavy atom. The maximum absolute atomic E-state index is 13.5. The summed E-state index contributed by atoms with van der Waals surface area (Å²) in [5.74, 6) is -1.48. The molecule has 0 fully saturated rings. The topological polar surface area (TPSA) is 91.6 Å². The van der Waals surface area contributed by atoms with E-state index in [9.17, 15) is 19.1 Å². The zero-order valence-electron chi connectivity index (χ0n) is 13.6. The van der Waals surface area contributed by atoms with E-state index < -0.39 is 23.2 Å². The van der Waals surface area contributed by atoms with Gasteiger partial charge in [0.25, 0.3) is 0 Å². The van der Waals surface area contributed by atoms with Gasteiger partial charge in [0.1, 0.15) is 22.9 Å². The standard InChI is InChI=1S/C17H19FN2O4/c1-10-8-12(11(2)24-10)17(3,23)9-19-15(21)16(22)20-14-7-5-4-6-13(14)18/h4-8,23H,9H2,1-3H3,(H,19,21)(H,20,22). The number of anilines is 1. The van der Waals surface area contributed by atoms with Crippen LogP contribution in [-0.2, 0) is 15.2 Å². The number of carbonyl (C=O) groups excluding carboxylic acids is 2. The summed E-state index contributed by atoms with van der Waals surface area (Å²) in [6, 6.07) is 7.18. The minimum atomic E-state index is -1.41. The van der Waals surface area contributed by atoms with Gasteiger partial charge in [-0.3, -0.25) is 9.59 Å². The van der Waals surface area contributed by atoms with Crippen LogP contribution in [0.4, 0.5) is 10.1 Å². The Morgan fingerprint density at radius 2 is 1.92 bits per heavy atom. The number of nitrogens with one attached hydrogen (secondary N) is 2. The Hall–Kier alpha value is -2.67. The molecule has 7 heteroatoms. The van der Waals surface area contributed by atoms with Crippen molar-refractivity contribution >= 4 is 17.5 Å². The molecule has 2 aromatic rings. The minimum Gasteiger partial charge on any atom is -0.466 e. The molecule has 2 rings (SSSR count). The third kappa shape index (κ3) is 3.99. The quantitative estimate of drug-likeness (QED) is 0.746. The van der Waals surface area contributed by atoms with Crippen molar-refractivity contribution in [2.45, 2.75) is 26.4 Å². The van der Waals surface area contributed by atoms with Gasteiger partial charge < -0.3 is 20.2 Å². The predicted molar refractivity (Wildman–Crippen MR) is 85.8 cm³/mol. The maximum Gasteiger partial charge on any atom is 0.313 e. The average Bonchev–Trinajstić information content (AvgIpc) is 2.86. The van der Waals surface area contributed by atoms with Crippen LogP contribution < -0.4 is 10.6 Å². The summed E-state index contributed by atoms with van der Waals surface area (Å²) < 4.78 is 18.8. The van der Waals surface area contributed by atoms with Gasteiger partial charge in [0.05, 0.1) is 12.2 Å². The van der Waals surface area contributed by atoms with Crippen LogP contribution in [0.5, 0.6) is 0 Å². The molecule has 6 nitrogen and oxygen atoms in total. The van der Waals surface area contributed by atoms with E-state index in [4.69, 9.17) is 4.42 Å². The SMILES string of the molecule is Cc1cc(C(C)(O)CNC(=O)C(=O)Nc2ccccc2F)c(C)o1. The van der Waals surface area contributed by atoms with Crippen molar-refractivity contribution in [1.29, 1.82) is 0 Å². The van der Waals surface area contributed by atoms with Crippen molar-refractivity contribution in [3.63, 3.8) is 0 Å². The first kappa shape index (κ1) is 17.7. The van der Waals surface area contributed by atoms with Gasteiger partial charge in [0.15, 0.2) is 0 Å². The summed E-state index contributed by atoms with van der Waals surface area (Å²) in [7, 11) is 0. The number of hydrogen-bond donors (Lipinski definition) is 3. The number of para-hydroxylation sites is 1. The Labute approximate surface area is 138 Å². The van der Waals surface area contributed by atoms with Crippen LogP contribution in [0.1, 0.15) is 24.0 Å². The molecule has 0 saturated carbocycles. The Bertz CT molecular complexity index is 768. The number of benzene rings is 1. The van der Waals surface area contributed by atoms with Crippen LogP contribution in [0.3, 0.4) is 0 Å². The van der Waals surface area contributed by atoms with Crippen molar-refractivity contribution in [3.8, 4) is 0 Å². The summed E-state index contributed by atoms with van der Waals surface area (Å²) in [4.78, 5) is 23.6. The molecule has 1 unspecified atom stereocenters. The third-order valence-corrected chi connectivity index (χ3v) is 3.54. The van der Waals surface area contributed by atoms with Crippen LogP contribution in [0.15, 0.2) is 34.7 Å². The summed E-state index contributed by atoms with van der Waals surface area (Å²) in [5.41, 5.74) is -0.976. The molecule has 0 radical (unpaired) electrons. The molecule has 1 atom stereocenters. The fourth-order valence-corrected chi connectivity index (χ4v) is 2.34. The molecule has 1 heterocycles. The number of rotatable bonds is 4. The van der Waals surface area contributed by atoms with E-state index >= 15 is 0 Å². The Kier molecular flexibility index (Phi) is 5.04. The first-order valence-electron chi connectivity index (χ1n) is 7.34. The van der Waals surface area contributed by atoms with Crippen LogP contribution in [0.2, 0.25) is 0 Å². The number of hydrogen-bond acceptors (Lipinski definition) is 4. The average molecular weight is 334 g/mol. The molecule has 2 amide bonds. The number of aliphatic hydroxyl groups is 1. The van der Waals surface area contributed by atoms with Gasteiger partial charge in [-0.1, -0.05) is 12.1 Å². The van der Waals surface area contributed by atoms with Gasteiger partial charge in [-0.15, -0.1) is 0 Å². The van der Waals surface area contributed by atoms with Crippen molar-refractivity contribution in [2.75, 3.05) is 11.9 Å². The van der Waals surface area contributed by atoms with E-state index in [-0.39, 0.29) is 12.2 Å². The zero-order chi connectivity index (χ0) is 17.9. The van der Waals surface area contributed by atoms with E-state index in [0.717, 1.165) is 0 Å². The Morgan fingerprint density at radius 1 is 1.25 bits per heavy atom. The van der Waals surface area contributed by atoms with Gasteiger partial charge in [-0.05, 0) is 39.0 Å². The first-order valence-corrected chi connectivity index (χ1v) is 7.34. The van der Waals surface area contributed by atoms with Crippen LogP contribution in [-0.4, -0.2) is 23.5 Å². The van der Waals surface area contributed by atoms with Crippen molar-refractivity contribution in [2.24, 2.45) is 0 Å². The van der Waals surface area contributed by atoms with Gasteiger partial charge in [0, 0.05) is 5.56 Å². The lowest BCUT2D eigenvalue weighted by Crippen LogP contribution is -2.43. The molecule has 128 valence electrons. The van der Waals surface area contributed by atoms with E-state index in [1.54, 1.807) is 19.9 Å². The summed E-state index contributed by atoms with van der Waals surface area (Å²) in [5, 5.41) is 15.0. The molecule has 0 spiro atoms. The van der Waals surface area contributed by atoms with E-state index in [2.05, 4.69) is 10.6 Å². The van der Waals surface area contributed by atoms with E-state index in [1.165, 1.54) is 31.2 Å². The highest BCUT2D eigenvalue weighted by atomic mass is 19.1. The fourth-order valence-electron chi connectivity index (χ4n) is 2.34. The molecular formula is C17H19FN2O4. The number of furan rings is 1. The molecule has 0 aliphatic carbocycles. The first-order chi connectivity index (χ1) is 11.2. The molecule has 0 aliphatic heterocycles. The predicted octanol–water partition coefficient (Wildman–Crippen LogP) is 2.00. The molecule has 0 aliphatic rings. The molecular weight excluding hydrogens is 315 g/mol. The van der Waals surface area contributed by atoms with Crippen LogP contribution in [0, 0.1) is 19.7 Å². The Balaban J connectivity index is 1.98. The van der Waals surface area contributed by atoms with Crippen molar-refractivity contribution < 1.29 is 23.5 Å². The van der Waals surface area contributed by atoms with Gasteiger partial charge in [0.2, 0.25) is 0 Å². The van der Waals surface area contributed by atoms with Crippen LogP contribution in [0.25, 0.3) is 0 Å². The molecule has 0 saturated heterocycles. The molecule has 1 aromatic carbocycles. The van der Waals surface area contributed by atoms with Gasteiger partial charge in [-0.2, -0.15) is 0 Å². The molecule has 0 bridgehead atoms. The van der Waals surface area contributed by atoms with Crippen molar-refractivity contribution in [3.05, 3.63) is 53.2 Å². The molecule has 1 aromatic heterocycles. The highest BCUT2D eigenvalue weighted by Crippen LogP contribution is 2.26. The summed E-state index contributed by atoms with van der Waals surface area (Å²) in [6.45, 7) is 4.74. The summed E-state index contributed by atoms with van der Waals surface area (Å²) in [6.07, 6.45) is 0. The second-order valence-corrected chi connectivity index (χ2v) is 5.72. The van der Waals surface area contributed by atoms with Crippen LogP contribution >= 0.6 is 0 Å². The lowest BCUT2D eigenvalue weighted by molar-refractivity contribution is -0.136. The van der Waals surface area contributed by atoms with E-state index in [0.29, 0.717) is 17.1 Å². The minimum absolute atomic E-state index is 0.0919. The normalized spacial score (nSPS) is 13.2. The highest BCUT2D eigenvalue weighted by molar-refractivity contribution is 6.39. The largest absolute Gasteiger partial charge is 0.466 e. The zero-order valence-corrected chi connectivity index (χ0v) is 13.6. The number of carbonyl (C=O) groups is 2. The summed E-state index contributed by atoms with van der Waals surface area (Å²) >= 11 is 0. The monoisotopic (exact) mass is 334 g/mol. The lowest BCUT2D eigenvalue weighted by Gasteiger charge is -2.23. The number of halogens is 1. The highest BCUT2D eigenvalue weighted by Gasteiger charge is 2.29. The fraction of sp³-hybridized carbons (Fsp3) is 0.294. The molecule has 3 N–H and O–H groups in total. The number of aryl methyl sites for hydroxylation is 2. The molecule has 24 heavy (non-hydrogen) atoms. The van der Waals surface area contributed by atoms with E-state index in [1.807, 2.05) is 0 Å². The third-order valence-electron chi connectivity index (χ3n) is 3.54. The number of amides is 2. The smallest absolute Gasteiger partial charge is 0.313 e. The second-order valence-electron chi connectivity index (χ2n) is 5.72. The van der Waals surface area contributed by atoms with Gasteiger partial charge >= 0.3 is 11.8 Å². The van der Waals surface area contributed by atoms with Gasteiger partial charge in [-0.25, -0.2) is 4.39 Å². The second kappa shape index (κ2) is 6.84.